The second kappa shape index (κ2) is 7.88. The lowest BCUT2D eigenvalue weighted by Crippen LogP contribution is -2.57. The molecule has 2 aliphatic rings. The molecule has 0 bridgehead atoms. The van der Waals surface area contributed by atoms with Crippen molar-refractivity contribution in [1.29, 1.82) is 0 Å². The van der Waals surface area contributed by atoms with Crippen LogP contribution in [-0.4, -0.2) is 56.8 Å². The van der Waals surface area contributed by atoms with Gasteiger partial charge in [0.2, 0.25) is 5.91 Å². The number of rotatable bonds is 2. The SMILES string of the molecule is C=CC(=O)N1CCN2C(=O)c3cc(F)c(-c4ccc(F)c5sc(N)nc45)c4ccn(c34)CCC2C1. The molecule has 7 nitrogen and oxygen atoms in total. The van der Waals surface area contributed by atoms with Gasteiger partial charge in [0.15, 0.2) is 5.13 Å². The number of aryl methyl sites for hydroxylation is 1. The Labute approximate surface area is 203 Å². The maximum atomic E-state index is 15.8. The van der Waals surface area contributed by atoms with Crippen molar-refractivity contribution in [3.05, 3.63) is 60.3 Å². The first-order chi connectivity index (χ1) is 16.9. The van der Waals surface area contributed by atoms with E-state index >= 15 is 4.39 Å². The molecule has 2 amide bonds. The zero-order chi connectivity index (χ0) is 24.4. The molecular formula is C25H21F2N5O2S. The number of nitrogens with two attached hydrogens (primary N) is 1. The van der Waals surface area contributed by atoms with Crippen molar-refractivity contribution >= 4 is 49.4 Å². The van der Waals surface area contributed by atoms with E-state index in [2.05, 4.69) is 11.6 Å². The van der Waals surface area contributed by atoms with E-state index < -0.39 is 11.6 Å². The molecule has 0 radical (unpaired) electrons. The van der Waals surface area contributed by atoms with Crippen LogP contribution < -0.4 is 5.73 Å². The Bertz CT molecular complexity index is 1560. The normalized spacial score (nSPS) is 18.0. The highest BCUT2D eigenvalue weighted by atomic mass is 32.1. The highest BCUT2D eigenvalue weighted by molar-refractivity contribution is 7.22. The molecule has 0 spiro atoms. The van der Waals surface area contributed by atoms with Crippen LogP contribution >= 0.6 is 11.3 Å². The van der Waals surface area contributed by atoms with Crippen molar-refractivity contribution in [3.8, 4) is 11.1 Å². The monoisotopic (exact) mass is 493 g/mol. The predicted molar refractivity (Wildman–Crippen MR) is 131 cm³/mol. The molecule has 1 unspecified atom stereocenters. The van der Waals surface area contributed by atoms with Crippen LogP contribution in [-0.2, 0) is 11.3 Å². The number of carbonyl (C=O) groups is 2. The van der Waals surface area contributed by atoms with Gasteiger partial charge in [-0.25, -0.2) is 13.8 Å². The molecule has 35 heavy (non-hydrogen) atoms. The molecule has 4 heterocycles. The molecule has 1 atom stereocenters. The van der Waals surface area contributed by atoms with E-state index in [1.54, 1.807) is 15.9 Å². The van der Waals surface area contributed by atoms with Gasteiger partial charge in [0.05, 0.1) is 27.3 Å². The van der Waals surface area contributed by atoms with Gasteiger partial charge in [-0.15, -0.1) is 0 Å². The third-order valence-corrected chi connectivity index (χ3v) is 7.84. The van der Waals surface area contributed by atoms with Crippen molar-refractivity contribution < 1.29 is 18.4 Å². The number of nitrogen functional groups attached to an aromatic ring is 1. The summed E-state index contributed by atoms with van der Waals surface area (Å²) in [5.74, 6) is -1.48. The molecule has 0 saturated carbocycles. The molecular weight excluding hydrogens is 472 g/mol. The second-order valence-corrected chi connectivity index (χ2v) is 9.84. The molecule has 4 aromatic rings. The Balaban J connectivity index is 1.50. The smallest absolute Gasteiger partial charge is 0.256 e. The van der Waals surface area contributed by atoms with Crippen LogP contribution in [0, 0.1) is 11.6 Å². The summed E-state index contributed by atoms with van der Waals surface area (Å²) < 4.78 is 32.4. The van der Waals surface area contributed by atoms with Crippen LogP contribution in [0.4, 0.5) is 13.9 Å². The van der Waals surface area contributed by atoms with E-state index in [0.29, 0.717) is 54.6 Å². The number of amides is 2. The zero-order valence-corrected chi connectivity index (χ0v) is 19.4. The van der Waals surface area contributed by atoms with E-state index in [0.717, 1.165) is 11.3 Å². The van der Waals surface area contributed by atoms with Crippen LogP contribution in [0.3, 0.4) is 0 Å². The Hall–Kier alpha value is -3.79. The number of hydrogen-bond acceptors (Lipinski definition) is 5. The summed E-state index contributed by atoms with van der Waals surface area (Å²) in [6.07, 6.45) is 3.77. The minimum Gasteiger partial charge on any atom is -0.375 e. The number of nitrogens with zero attached hydrogens (tertiary/aromatic N) is 4. The summed E-state index contributed by atoms with van der Waals surface area (Å²) >= 11 is 1.01. The minimum atomic E-state index is -0.587. The quantitative estimate of drug-likeness (QED) is 0.428. The number of fused-ring (bicyclic) bond motifs is 2. The summed E-state index contributed by atoms with van der Waals surface area (Å²) in [5, 5.41) is 0.758. The standard InChI is InChI=1S/C25H21F2N5O2S/c1-2-19(33)31-9-10-32-13(12-31)5-7-30-8-6-15-20(18(27)11-16(22(15)30)24(32)34)14-3-4-17(26)23-21(14)29-25(28)35-23/h2-4,6,8,11,13H,1,5,7,9-10,12H2,(H2,28,29). The van der Waals surface area contributed by atoms with Gasteiger partial charge in [0.1, 0.15) is 11.6 Å². The van der Waals surface area contributed by atoms with Gasteiger partial charge in [-0.3, -0.25) is 9.59 Å². The first-order valence-corrected chi connectivity index (χ1v) is 12.1. The minimum absolute atomic E-state index is 0.160. The van der Waals surface area contributed by atoms with Crippen molar-refractivity contribution in [2.75, 3.05) is 25.4 Å². The summed E-state index contributed by atoms with van der Waals surface area (Å²) in [4.78, 5) is 33.5. The van der Waals surface area contributed by atoms with Crippen LogP contribution in [0.25, 0.3) is 32.2 Å². The van der Waals surface area contributed by atoms with Gasteiger partial charge in [-0.05, 0) is 36.8 Å². The van der Waals surface area contributed by atoms with Crippen molar-refractivity contribution in [3.63, 3.8) is 0 Å². The number of thiazole rings is 1. The van der Waals surface area contributed by atoms with Gasteiger partial charge in [-0.2, -0.15) is 0 Å². The summed E-state index contributed by atoms with van der Waals surface area (Å²) in [6, 6.07) is 5.67. The van der Waals surface area contributed by atoms with E-state index in [1.165, 1.54) is 24.3 Å². The lowest BCUT2D eigenvalue weighted by Gasteiger charge is -2.42. The average molecular weight is 494 g/mol. The third-order valence-electron chi connectivity index (χ3n) is 6.94. The number of piperazine rings is 1. The van der Waals surface area contributed by atoms with Gasteiger partial charge < -0.3 is 20.1 Å². The van der Waals surface area contributed by atoms with Crippen molar-refractivity contribution in [2.45, 2.75) is 19.0 Å². The molecule has 2 aromatic carbocycles. The van der Waals surface area contributed by atoms with Crippen LogP contribution in [0.5, 0.6) is 0 Å². The maximum absolute atomic E-state index is 15.8. The summed E-state index contributed by atoms with van der Waals surface area (Å²) in [6.45, 7) is 5.33. The first kappa shape index (κ1) is 21.7. The summed E-state index contributed by atoms with van der Waals surface area (Å²) in [5.41, 5.74) is 7.74. The zero-order valence-electron chi connectivity index (χ0n) is 18.6. The fourth-order valence-electron chi connectivity index (χ4n) is 5.33. The fourth-order valence-corrected chi connectivity index (χ4v) is 6.09. The summed E-state index contributed by atoms with van der Waals surface area (Å²) in [7, 11) is 0. The molecule has 178 valence electrons. The topological polar surface area (TPSA) is 84.5 Å². The highest BCUT2D eigenvalue weighted by Crippen LogP contribution is 2.41. The largest absolute Gasteiger partial charge is 0.375 e. The van der Waals surface area contributed by atoms with Crippen LogP contribution in [0.15, 0.2) is 43.1 Å². The number of aromatic nitrogens is 2. The number of hydrogen-bond donors (Lipinski definition) is 1. The number of halogens is 2. The molecule has 6 rings (SSSR count). The molecule has 1 saturated heterocycles. The van der Waals surface area contributed by atoms with Gasteiger partial charge >= 0.3 is 0 Å². The molecule has 0 aliphatic carbocycles. The Morgan fingerprint density at radius 2 is 2.00 bits per heavy atom. The molecule has 2 aliphatic heterocycles. The number of benzene rings is 2. The molecule has 2 N–H and O–H groups in total. The third kappa shape index (κ3) is 3.23. The Kier molecular flexibility index (Phi) is 4.89. The maximum Gasteiger partial charge on any atom is 0.256 e. The van der Waals surface area contributed by atoms with Gasteiger partial charge in [0, 0.05) is 48.9 Å². The highest BCUT2D eigenvalue weighted by Gasteiger charge is 2.35. The van der Waals surface area contributed by atoms with E-state index in [9.17, 15) is 14.0 Å². The average Bonchev–Trinajstić information content (AvgIpc) is 3.45. The Morgan fingerprint density at radius 1 is 1.17 bits per heavy atom. The number of anilines is 1. The van der Waals surface area contributed by atoms with E-state index in [1.807, 2.05) is 10.8 Å². The van der Waals surface area contributed by atoms with Crippen molar-refractivity contribution in [2.24, 2.45) is 0 Å². The first-order valence-electron chi connectivity index (χ1n) is 11.3. The molecule has 2 aromatic heterocycles. The molecule has 10 heteroatoms. The lowest BCUT2D eigenvalue weighted by molar-refractivity contribution is -0.128. The van der Waals surface area contributed by atoms with Crippen LogP contribution in [0.1, 0.15) is 16.8 Å². The van der Waals surface area contributed by atoms with E-state index in [-0.39, 0.29) is 38.8 Å². The lowest BCUT2D eigenvalue weighted by atomic mass is 9.95. The molecule has 1 fully saturated rings. The van der Waals surface area contributed by atoms with Crippen molar-refractivity contribution in [1.82, 2.24) is 19.4 Å². The van der Waals surface area contributed by atoms with E-state index in [4.69, 9.17) is 5.73 Å². The number of carbonyl (C=O) groups excluding carboxylic acids is 2. The fraction of sp³-hybridized carbons (Fsp3) is 0.240. The van der Waals surface area contributed by atoms with Crippen LogP contribution in [0.2, 0.25) is 0 Å². The predicted octanol–water partition coefficient (Wildman–Crippen LogP) is 4.02. The van der Waals surface area contributed by atoms with Gasteiger partial charge in [-0.1, -0.05) is 17.9 Å². The van der Waals surface area contributed by atoms with Gasteiger partial charge in [0.25, 0.3) is 5.91 Å². The second-order valence-electron chi connectivity index (χ2n) is 8.81. The Morgan fingerprint density at radius 3 is 2.80 bits per heavy atom.